The second-order valence-electron chi connectivity index (χ2n) is 4.12. The van der Waals surface area contributed by atoms with Crippen molar-refractivity contribution in [1.82, 2.24) is 0 Å². The molecule has 0 heterocycles. The van der Waals surface area contributed by atoms with Crippen LogP contribution in [0.3, 0.4) is 0 Å². The van der Waals surface area contributed by atoms with Crippen molar-refractivity contribution in [3.05, 3.63) is 59.4 Å². The number of rotatable bonds is 5. The molecule has 4 nitrogen and oxygen atoms in total. The van der Waals surface area contributed by atoms with Gasteiger partial charge in [-0.3, -0.25) is 0 Å². The topological polar surface area (TPSA) is 55.8 Å². The Morgan fingerprint density at radius 3 is 2.70 bits per heavy atom. The molecule has 0 aliphatic heterocycles. The van der Waals surface area contributed by atoms with Crippen molar-refractivity contribution in [2.75, 3.05) is 7.11 Å². The third kappa shape index (κ3) is 3.47. The van der Waals surface area contributed by atoms with Gasteiger partial charge in [0, 0.05) is 6.07 Å². The molecule has 0 spiro atoms. The highest BCUT2D eigenvalue weighted by Gasteiger charge is 2.08. The summed E-state index contributed by atoms with van der Waals surface area (Å²) in [5.74, 6) is -0.983. The Balaban J connectivity index is 2.12. The molecule has 0 bridgehead atoms. The molecule has 0 unspecified atom stereocenters. The maximum atomic E-state index is 13.3. The minimum Gasteiger partial charge on any atom is -0.497 e. The highest BCUT2D eigenvalue weighted by molar-refractivity contribution is 5.88. The Morgan fingerprint density at radius 1 is 1.20 bits per heavy atom. The smallest absolute Gasteiger partial charge is 0.335 e. The van der Waals surface area contributed by atoms with Crippen LogP contribution in [0.15, 0.2) is 42.5 Å². The number of aromatic carboxylic acids is 1. The first-order valence-corrected chi connectivity index (χ1v) is 5.88. The van der Waals surface area contributed by atoms with Crippen molar-refractivity contribution < 1.29 is 23.8 Å². The zero-order valence-electron chi connectivity index (χ0n) is 10.8. The number of ether oxygens (including phenoxy) is 2. The quantitative estimate of drug-likeness (QED) is 0.911. The van der Waals surface area contributed by atoms with Gasteiger partial charge in [0.1, 0.15) is 23.9 Å². The summed E-state index contributed by atoms with van der Waals surface area (Å²) in [6.45, 7) is 0.194. The van der Waals surface area contributed by atoms with Crippen LogP contribution in [-0.4, -0.2) is 18.2 Å². The minimum absolute atomic E-state index is 0.148. The lowest BCUT2D eigenvalue weighted by Crippen LogP contribution is -2.00. The van der Waals surface area contributed by atoms with Gasteiger partial charge in [0.05, 0.1) is 12.7 Å². The second-order valence-corrected chi connectivity index (χ2v) is 4.12. The summed E-state index contributed by atoms with van der Waals surface area (Å²) in [5, 5.41) is 8.85. The van der Waals surface area contributed by atoms with Gasteiger partial charge in [0.15, 0.2) is 0 Å². The van der Waals surface area contributed by atoms with E-state index in [1.165, 1.54) is 6.07 Å². The number of hydrogen-bond donors (Lipinski definition) is 1. The monoisotopic (exact) mass is 276 g/mol. The molecular formula is C15H13FO4. The predicted octanol–water partition coefficient (Wildman–Crippen LogP) is 3.11. The Bertz CT molecular complexity index is 625. The summed E-state index contributed by atoms with van der Waals surface area (Å²) in [5.41, 5.74) is 0.691. The molecule has 0 atom stereocenters. The number of carboxylic acids is 1. The van der Waals surface area contributed by atoms with E-state index in [0.29, 0.717) is 5.75 Å². The van der Waals surface area contributed by atoms with Crippen LogP contribution < -0.4 is 9.47 Å². The highest BCUT2D eigenvalue weighted by atomic mass is 19.1. The number of carbonyl (C=O) groups is 1. The molecule has 5 heteroatoms. The average Bonchev–Trinajstić information content (AvgIpc) is 2.44. The van der Waals surface area contributed by atoms with E-state index >= 15 is 0 Å². The molecule has 0 aliphatic carbocycles. The molecule has 1 N–H and O–H groups in total. The predicted molar refractivity (Wildman–Crippen MR) is 70.7 cm³/mol. The van der Waals surface area contributed by atoms with Gasteiger partial charge in [-0.1, -0.05) is 12.1 Å². The fraction of sp³-hybridized carbons (Fsp3) is 0.133. The number of hydrogen-bond acceptors (Lipinski definition) is 3. The normalized spacial score (nSPS) is 10.1. The molecule has 0 fully saturated rings. The van der Waals surface area contributed by atoms with Crippen molar-refractivity contribution in [3.8, 4) is 11.5 Å². The van der Waals surface area contributed by atoms with Crippen molar-refractivity contribution in [2.24, 2.45) is 0 Å². The van der Waals surface area contributed by atoms with E-state index < -0.39 is 11.8 Å². The molecule has 2 aromatic carbocycles. The van der Waals surface area contributed by atoms with Crippen LogP contribution in [0.4, 0.5) is 4.39 Å². The van der Waals surface area contributed by atoms with Crippen molar-refractivity contribution in [1.29, 1.82) is 0 Å². The Labute approximate surface area is 115 Å². The van der Waals surface area contributed by atoms with Crippen LogP contribution in [0.2, 0.25) is 0 Å². The average molecular weight is 276 g/mol. The fourth-order valence-corrected chi connectivity index (χ4v) is 1.70. The third-order valence-electron chi connectivity index (χ3n) is 2.66. The zero-order chi connectivity index (χ0) is 14.5. The lowest BCUT2D eigenvalue weighted by Gasteiger charge is -2.08. The second kappa shape index (κ2) is 6.06. The van der Waals surface area contributed by atoms with E-state index in [9.17, 15) is 9.18 Å². The van der Waals surface area contributed by atoms with E-state index in [1.54, 1.807) is 19.2 Å². The first-order chi connectivity index (χ1) is 9.58. The van der Waals surface area contributed by atoms with Crippen LogP contribution in [0.5, 0.6) is 11.5 Å². The van der Waals surface area contributed by atoms with Gasteiger partial charge >= 0.3 is 5.97 Å². The Kier molecular flexibility index (Phi) is 4.20. The lowest BCUT2D eigenvalue weighted by atomic mass is 10.2. The van der Waals surface area contributed by atoms with E-state index in [1.807, 2.05) is 12.1 Å². The maximum absolute atomic E-state index is 13.3. The van der Waals surface area contributed by atoms with Gasteiger partial charge in [-0.25, -0.2) is 9.18 Å². The van der Waals surface area contributed by atoms with Crippen LogP contribution in [-0.2, 0) is 6.61 Å². The van der Waals surface area contributed by atoms with Gasteiger partial charge < -0.3 is 14.6 Å². The van der Waals surface area contributed by atoms with Gasteiger partial charge in [-0.05, 0) is 29.8 Å². The molecule has 0 saturated carbocycles. The summed E-state index contributed by atoms with van der Waals surface area (Å²) in [7, 11) is 1.56. The van der Waals surface area contributed by atoms with E-state index in [2.05, 4.69) is 0 Å². The van der Waals surface area contributed by atoms with Crippen LogP contribution in [0.1, 0.15) is 15.9 Å². The first-order valence-electron chi connectivity index (χ1n) is 5.88. The van der Waals surface area contributed by atoms with Gasteiger partial charge in [-0.15, -0.1) is 0 Å². The lowest BCUT2D eigenvalue weighted by molar-refractivity contribution is 0.0695. The molecule has 0 aromatic heterocycles. The number of methoxy groups -OCH3 is 1. The molecule has 2 aromatic rings. The molecule has 20 heavy (non-hydrogen) atoms. The summed E-state index contributed by atoms with van der Waals surface area (Å²) < 4.78 is 23.8. The fourth-order valence-electron chi connectivity index (χ4n) is 1.70. The van der Waals surface area contributed by atoms with Crippen LogP contribution in [0, 0.1) is 5.82 Å². The van der Waals surface area contributed by atoms with Crippen molar-refractivity contribution >= 4 is 5.97 Å². The number of halogens is 1. The zero-order valence-corrected chi connectivity index (χ0v) is 10.8. The van der Waals surface area contributed by atoms with Crippen LogP contribution in [0.25, 0.3) is 0 Å². The van der Waals surface area contributed by atoms with Crippen molar-refractivity contribution in [2.45, 2.75) is 6.61 Å². The van der Waals surface area contributed by atoms with Crippen LogP contribution >= 0.6 is 0 Å². The molecule has 0 radical (unpaired) electrons. The maximum Gasteiger partial charge on any atom is 0.335 e. The van der Waals surface area contributed by atoms with E-state index in [0.717, 1.165) is 17.7 Å². The standard InChI is InChI=1S/C15H13FO4/c1-19-13-4-2-3-10(5-13)9-20-14-7-11(15(17)18)6-12(16)8-14/h2-8H,9H2,1H3,(H,17,18). The number of carboxylic acid groups (broad SMARTS) is 1. The van der Waals surface area contributed by atoms with Gasteiger partial charge in [0.25, 0.3) is 0 Å². The third-order valence-corrected chi connectivity index (χ3v) is 2.66. The summed E-state index contributed by atoms with van der Waals surface area (Å²) in [4.78, 5) is 10.8. The van der Waals surface area contributed by atoms with E-state index in [4.69, 9.17) is 14.6 Å². The molecule has 2 rings (SSSR count). The molecule has 104 valence electrons. The molecule has 0 saturated heterocycles. The van der Waals surface area contributed by atoms with E-state index in [-0.39, 0.29) is 17.9 Å². The Hall–Kier alpha value is -2.56. The highest BCUT2D eigenvalue weighted by Crippen LogP contribution is 2.19. The number of benzene rings is 2. The van der Waals surface area contributed by atoms with Crippen molar-refractivity contribution in [3.63, 3.8) is 0 Å². The van der Waals surface area contributed by atoms with Gasteiger partial charge in [-0.2, -0.15) is 0 Å². The Morgan fingerprint density at radius 2 is 2.00 bits per heavy atom. The summed E-state index contributed by atoms with van der Waals surface area (Å²) >= 11 is 0. The van der Waals surface area contributed by atoms with Gasteiger partial charge in [0.2, 0.25) is 0 Å². The SMILES string of the molecule is COc1cccc(COc2cc(F)cc(C(=O)O)c2)c1. The summed E-state index contributed by atoms with van der Waals surface area (Å²) in [6, 6.07) is 10.6. The first kappa shape index (κ1) is 13.9. The summed E-state index contributed by atoms with van der Waals surface area (Å²) in [6.07, 6.45) is 0. The molecular weight excluding hydrogens is 263 g/mol. The minimum atomic E-state index is -1.20. The largest absolute Gasteiger partial charge is 0.497 e. The molecule has 0 amide bonds. The molecule has 0 aliphatic rings.